The predicted molar refractivity (Wildman–Crippen MR) is 66.8 cm³/mol. The summed E-state index contributed by atoms with van der Waals surface area (Å²) in [5, 5.41) is 0. The van der Waals surface area contributed by atoms with Gasteiger partial charge in [-0.3, -0.25) is 9.59 Å². The van der Waals surface area contributed by atoms with Gasteiger partial charge in [-0.05, 0) is 12.1 Å². The van der Waals surface area contributed by atoms with E-state index in [0.29, 0.717) is 11.6 Å². The summed E-state index contributed by atoms with van der Waals surface area (Å²) >= 11 is 1.64. The second-order valence-electron chi connectivity index (χ2n) is 4.14. The van der Waals surface area contributed by atoms with Gasteiger partial charge in [-0.15, -0.1) is 11.8 Å². The lowest BCUT2D eigenvalue weighted by molar-refractivity contribution is -0.140. The highest BCUT2D eigenvalue weighted by Gasteiger charge is 2.42. The Morgan fingerprint density at radius 3 is 2.71 bits per heavy atom. The molecule has 0 spiro atoms. The van der Waals surface area contributed by atoms with E-state index in [1.54, 1.807) is 21.6 Å². The molecular formula is C12H12N2O2S. The number of piperazine rings is 1. The number of nitrogens with zero attached hydrogens (tertiary/aromatic N) is 2. The number of anilines is 1. The van der Waals surface area contributed by atoms with Gasteiger partial charge in [0.1, 0.15) is 12.6 Å². The number of hydrogen-bond acceptors (Lipinski definition) is 3. The lowest BCUT2D eigenvalue weighted by Crippen LogP contribution is -2.58. The maximum atomic E-state index is 12.3. The Kier molecular flexibility index (Phi) is 2.55. The van der Waals surface area contributed by atoms with Crippen molar-refractivity contribution in [2.75, 3.05) is 23.1 Å². The third kappa shape index (κ3) is 1.70. The van der Waals surface area contributed by atoms with Gasteiger partial charge in [-0.1, -0.05) is 18.2 Å². The molecule has 4 nitrogen and oxygen atoms in total. The quantitative estimate of drug-likeness (QED) is 0.742. The van der Waals surface area contributed by atoms with Gasteiger partial charge < -0.3 is 9.80 Å². The fourth-order valence-electron chi connectivity index (χ4n) is 2.20. The molecular weight excluding hydrogens is 236 g/mol. The second kappa shape index (κ2) is 4.07. The van der Waals surface area contributed by atoms with E-state index >= 15 is 0 Å². The van der Waals surface area contributed by atoms with Crippen molar-refractivity contribution in [2.45, 2.75) is 6.04 Å². The van der Waals surface area contributed by atoms with Crippen molar-refractivity contribution in [1.29, 1.82) is 0 Å². The van der Waals surface area contributed by atoms with Crippen LogP contribution >= 0.6 is 11.8 Å². The number of benzene rings is 1. The molecule has 2 fully saturated rings. The van der Waals surface area contributed by atoms with E-state index in [2.05, 4.69) is 0 Å². The standard InChI is InChI=1S/C12H12N2O2S/c15-11-6-13(9-4-2-1-3-5-9)12(16)10-7-17-8-14(10)11/h1-5,10H,6-8H2. The molecule has 1 unspecified atom stereocenters. The molecule has 2 heterocycles. The van der Waals surface area contributed by atoms with Crippen LogP contribution in [-0.4, -0.2) is 40.9 Å². The highest BCUT2D eigenvalue weighted by atomic mass is 32.2. The Morgan fingerprint density at radius 2 is 1.94 bits per heavy atom. The number of para-hydroxylation sites is 1. The molecule has 0 aliphatic carbocycles. The number of amides is 2. The number of carbonyl (C=O) groups excluding carboxylic acids is 2. The van der Waals surface area contributed by atoms with E-state index in [1.807, 2.05) is 30.3 Å². The Bertz CT molecular complexity index is 463. The molecule has 2 saturated heterocycles. The van der Waals surface area contributed by atoms with Crippen LogP contribution in [-0.2, 0) is 9.59 Å². The highest BCUT2D eigenvalue weighted by molar-refractivity contribution is 7.99. The van der Waals surface area contributed by atoms with Crippen LogP contribution in [0.15, 0.2) is 30.3 Å². The van der Waals surface area contributed by atoms with Crippen LogP contribution in [0.3, 0.4) is 0 Å². The van der Waals surface area contributed by atoms with E-state index in [0.717, 1.165) is 5.69 Å². The number of thioether (sulfide) groups is 1. The minimum atomic E-state index is -0.263. The third-order valence-corrected chi connectivity index (χ3v) is 4.13. The molecule has 17 heavy (non-hydrogen) atoms. The summed E-state index contributed by atoms with van der Waals surface area (Å²) in [6, 6.07) is 9.12. The summed E-state index contributed by atoms with van der Waals surface area (Å²) in [5.74, 6) is 1.45. The summed E-state index contributed by atoms with van der Waals surface area (Å²) < 4.78 is 0. The zero-order valence-corrected chi connectivity index (χ0v) is 10.0. The normalized spacial score (nSPS) is 24.1. The summed E-state index contributed by atoms with van der Waals surface area (Å²) in [4.78, 5) is 27.5. The van der Waals surface area contributed by atoms with Crippen molar-refractivity contribution in [3.05, 3.63) is 30.3 Å². The average Bonchev–Trinajstić information content (AvgIpc) is 2.85. The third-order valence-electron chi connectivity index (χ3n) is 3.11. The average molecular weight is 248 g/mol. The minimum Gasteiger partial charge on any atom is -0.319 e. The number of rotatable bonds is 1. The van der Waals surface area contributed by atoms with Crippen molar-refractivity contribution in [2.24, 2.45) is 0 Å². The zero-order valence-electron chi connectivity index (χ0n) is 9.20. The highest BCUT2D eigenvalue weighted by Crippen LogP contribution is 2.28. The van der Waals surface area contributed by atoms with Gasteiger partial charge in [0, 0.05) is 11.4 Å². The number of fused-ring (bicyclic) bond motifs is 1. The van der Waals surface area contributed by atoms with Gasteiger partial charge in [0.05, 0.1) is 5.88 Å². The van der Waals surface area contributed by atoms with Gasteiger partial charge in [0.2, 0.25) is 5.91 Å². The van der Waals surface area contributed by atoms with Crippen LogP contribution < -0.4 is 4.90 Å². The second-order valence-corrected chi connectivity index (χ2v) is 5.14. The Hall–Kier alpha value is -1.49. The molecule has 0 aromatic heterocycles. The van der Waals surface area contributed by atoms with Gasteiger partial charge in [-0.2, -0.15) is 0 Å². The summed E-state index contributed by atoms with van der Waals surface area (Å²) in [5.41, 5.74) is 0.808. The van der Waals surface area contributed by atoms with Crippen LogP contribution in [0.25, 0.3) is 0 Å². The van der Waals surface area contributed by atoms with Crippen molar-refractivity contribution in [1.82, 2.24) is 4.90 Å². The lowest BCUT2D eigenvalue weighted by atomic mass is 10.1. The van der Waals surface area contributed by atoms with Crippen LogP contribution in [0.1, 0.15) is 0 Å². The fraction of sp³-hybridized carbons (Fsp3) is 0.333. The zero-order chi connectivity index (χ0) is 11.8. The maximum absolute atomic E-state index is 12.3. The first-order valence-corrected chi connectivity index (χ1v) is 6.66. The Labute approximate surface area is 104 Å². The minimum absolute atomic E-state index is 0.0424. The molecule has 0 N–H and O–H groups in total. The molecule has 1 aromatic carbocycles. The molecule has 2 aliphatic rings. The van der Waals surface area contributed by atoms with E-state index in [4.69, 9.17) is 0 Å². The van der Waals surface area contributed by atoms with Crippen LogP contribution in [0.5, 0.6) is 0 Å². The van der Waals surface area contributed by atoms with Crippen molar-refractivity contribution >= 4 is 29.3 Å². The molecule has 5 heteroatoms. The Morgan fingerprint density at radius 1 is 1.18 bits per heavy atom. The van der Waals surface area contributed by atoms with Gasteiger partial charge in [-0.25, -0.2) is 0 Å². The first-order chi connectivity index (χ1) is 8.27. The largest absolute Gasteiger partial charge is 0.319 e. The maximum Gasteiger partial charge on any atom is 0.251 e. The van der Waals surface area contributed by atoms with Crippen LogP contribution in [0.4, 0.5) is 5.69 Å². The van der Waals surface area contributed by atoms with E-state index < -0.39 is 0 Å². The molecule has 0 radical (unpaired) electrons. The van der Waals surface area contributed by atoms with Gasteiger partial charge in [0.25, 0.3) is 5.91 Å². The van der Waals surface area contributed by atoms with Crippen molar-refractivity contribution < 1.29 is 9.59 Å². The molecule has 1 aromatic rings. The van der Waals surface area contributed by atoms with E-state index in [1.165, 1.54) is 0 Å². The molecule has 3 rings (SSSR count). The molecule has 2 amide bonds. The Balaban J connectivity index is 1.92. The van der Waals surface area contributed by atoms with Gasteiger partial charge in [0.15, 0.2) is 0 Å². The smallest absolute Gasteiger partial charge is 0.251 e. The first-order valence-electron chi connectivity index (χ1n) is 5.51. The topological polar surface area (TPSA) is 40.6 Å². The number of hydrogen-bond donors (Lipinski definition) is 0. The van der Waals surface area contributed by atoms with Crippen LogP contribution in [0.2, 0.25) is 0 Å². The van der Waals surface area contributed by atoms with Crippen LogP contribution in [0, 0.1) is 0 Å². The lowest BCUT2D eigenvalue weighted by Gasteiger charge is -2.35. The summed E-state index contributed by atoms with van der Waals surface area (Å²) in [7, 11) is 0. The SMILES string of the molecule is O=C1C2CSCN2C(=O)CN1c1ccccc1. The monoisotopic (exact) mass is 248 g/mol. The predicted octanol–water partition coefficient (Wildman–Crippen LogP) is 0.935. The molecule has 88 valence electrons. The van der Waals surface area contributed by atoms with E-state index in [-0.39, 0.29) is 24.4 Å². The van der Waals surface area contributed by atoms with Gasteiger partial charge >= 0.3 is 0 Å². The summed E-state index contributed by atoms with van der Waals surface area (Å²) in [6.45, 7) is 0.167. The molecule has 0 bridgehead atoms. The molecule has 0 saturated carbocycles. The summed E-state index contributed by atoms with van der Waals surface area (Å²) in [6.07, 6.45) is 0. The first kappa shape index (κ1) is 10.7. The fourth-order valence-corrected chi connectivity index (χ4v) is 3.38. The number of carbonyl (C=O) groups is 2. The van der Waals surface area contributed by atoms with E-state index in [9.17, 15) is 9.59 Å². The molecule has 1 atom stereocenters. The molecule has 2 aliphatic heterocycles. The van der Waals surface area contributed by atoms with Crippen molar-refractivity contribution in [3.8, 4) is 0 Å². The van der Waals surface area contributed by atoms with Crippen molar-refractivity contribution in [3.63, 3.8) is 0 Å².